The van der Waals surface area contributed by atoms with E-state index in [0.29, 0.717) is 10.3 Å². The van der Waals surface area contributed by atoms with Crippen LogP contribution in [0.5, 0.6) is 0 Å². The fraction of sp³-hybridized carbons (Fsp3) is 0.429. The Morgan fingerprint density at radius 3 is 2.81 bits per heavy atom. The van der Waals surface area contributed by atoms with Gasteiger partial charge in [-0.05, 0) is 43.3 Å². The Morgan fingerprint density at radius 1 is 1.33 bits per heavy atom. The second-order valence-corrected chi connectivity index (χ2v) is 9.32. The van der Waals surface area contributed by atoms with Gasteiger partial charge >= 0.3 is 0 Å². The van der Waals surface area contributed by atoms with Crippen LogP contribution in [0.3, 0.4) is 0 Å². The smallest absolute Gasteiger partial charge is 0.250 e. The number of rotatable bonds is 7. The molecule has 2 aromatic heterocycles. The summed E-state index contributed by atoms with van der Waals surface area (Å²) in [6.45, 7) is 2.62. The van der Waals surface area contributed by atoms with E-state index >= 15 is 0 Å². The molecule has 1 aliphatic rings. The molecule has 0 spiro atoms. The van der Waals surface area contributed by atoms with E-state index in [1.165, 1.54) is 24.2 Å². The standard InChI is InChI=1S/C14H18N2O2S3/c1-10(13-3-2-8-19-13)16-21(17,18)14-7-6-12(20-14)9-15-11-4-5-11/h2-3,6-8,10-11,15-16H,4-5,9H2,1H3. The predicted octanol–water partition coefficient (Wildman–Crippen LogP) is 3.10. The van der Waals surface area contributed by atoms with Crippen molar-refractivity contribution >= 4 is 32.7 Å². The van der Waals surface area contributed by atoms with Gasteiger partial charge in [-0.1, -0.05) is 6.07 Å². The predicted molar refractivity (Wildman–Crippen MR) is 87.2 cm³/mol. The molecule has 1 saturated carbocycles. The van der Waals surface area contributed by atoms with Crippen molar-refractivity contribution in [3.05, 3.63) is 39.4 Å². The van der Waals surface area contributed by atoms with Crippen molar-refractivity contribution in [2.75, 3.05) is 0 Å². The molecule has 1 atom stereocenters. The fourth-order valence-electron chi connectivity index (χ4n) is 2.02. The Balaban J connectivity index is 1.66. The molecule has 1 aliphatic carbocycles. The lowest BCUT2D eigenvalue weighted by molar-refractivity contribution is 0.570. The van der Waals surface area contributed by atoms with Crippen LogP contribution in [-0.4, -0.2) is 14.5 Å². The van der Waals surface area contributed by atoms with E-state index in [1.54, 1.807) is 17.4 Å². The normalized spacial score (nSPS) is 17.0. The molecule has 2 heterocycles. The van der Waals surface area contributed by atoms with E-state index in [9.17, 15) is 8.42 Å². The molecule has 0 amide bonds. The zero-order valence-electron chi connectivity index (χ0n) is 11.7. The van der Waals surface area contributed by atoms with Crippen LogP contribution in [0, 0.1) is 0 Å². The topological polar surface area (TPSA) is 58.2 Å². The number of thiophene rings is 2. The molecule has 0 aromatic carbocycles. The Kier molecular flexibility index (Phi) is 4.46. The van der Waals surface area contributed by atoms with Gasteiger partial charge in [-0.2, -0.15) is 0 Å². The summed E-state index contributed by atoms with van der Waals surface area (Å²) in [5, 5.41) is 5.35. The van der Waals surface area contributed by atoms with Crippen LogP contribution >= 0.6 is 22.7 Å². The minimum Gasteiger partial charge on any atom is -0.309 e. The highest BCUT2D eigenvalue weighted by atomic mass is 32.2. The van der Waals surface area contributed by atoms with Crippen molar-refractivity contribution in [1.82, 2.24) is 10.0 Å². The minimum atomic E-state index is -3.44. The van der Waals surface area contributed by atoms with Gasteiger partial charge in [0.1, 0.15) is 4.21 Å². The lowest BCUT2D eigenvalue weighted by Gasteiger charge is -2.11. The third-order valence-corrected chi connectivity index (χ3v) is 7.52. The first kappa shape index (κ1) is 15.2. The third kappa shape index (κ3) is 3.92. The maximum Gasteiger partial charge on any atom is 0.250 e. The zero-order valence-corrected chi connectivity index (χ0v) is 14.2. The molecule has 0 aliphatic heterocycles. The van der Waals surface area contributed by atoms with Crippen molar-refractivity contribution in [1.29, 1.82) is 0 Å². The lowest BCUT2D eigenvalue weighted by atomic mass is 10.3. The van der Waals surface area contributed by atoms with E-state index in [0.717, 1.165) is 16.3 Å². The van der Waals surface area contributed by atoms with Gasteiger partial charge in [-0.3, -0.25) is 0 Å². The van der Waals surface area contributed by atoms with E-state index in [-0.39, 0.29) is 6.04 Å². The number of nitrogens with one attached hydrogen (secondary N) is 2. The van der Waals surface area contributed by atoms with Crippen LogP contribution in [0.25, 0.3) is 0 Å². The van der Waals surface area contributed by atoms with Gasteiger partial charge in [-0.25, -0.2) is 13.1 Å². The van der Waals surface area contributed by atoms with Gasteiger partial charge in [-0.15, -0.1) is 22.7 Å². The highest BCUT2D eigenvalue weighted by Crippen LogP contribution is 2.26. The molecule has 114 valence electrons. The summed E-state index contributed by atoms with van der Waals surface area (Å²) in [6, 6.07) is 7.88. The summed E-state index contributed by atoms with van der Waals surface area (Å²) >= 11 is 2.90. The summed E-state index contributed by atoms with van der Waals surface area (Å²) in [7, 11) is -3.44. The first-order valence-electron chi connectivity index (χ1n) is 6.92. The molecule has 7 heteroatoms. The fourth-order valence-corrected chi connectivity index (χ4v) is 5.37. The van der Waals surface area contributed by atoms with Gasteiger partial charge in [0.15, 0.2) is 0 Å². The van der Waals surface area contributed by atoms with Crippen LogP contribution in [-0.2, 0) is 16.6 Å². The Hall–Kier alpha value is -0.730. The summed E-state index contributed by atoms with van der Waals surface area (Å²) in [4.78, 5) is 2.08. The highest BCUT2D eigenvalue weighted by Gasteiger charge is 2.23. The van der Waals surface area contributed by atoms with Crippen molar-refractivity contribution in [2.24, 2.45) is 0 Å². The molecule has 2 aromatic rings. The molecule has 0 saturated heterocycles. The van der Waals surface area contributed by atoms with Crippen molar-refractivity contribution in [3.63, 3.8) is 0 Å². The Bertz CT molecular complexity index is 688. The molecule has 0 radical (unpaired) electrons. The molecule has 0 bridgehead atoms. The monoisotopic (exact) mass is 342 g/mol. The molecule has 3 rings (SSSR count). The zero-order chi connectivity index (χ0) is 14.9. The van der Waals surface area contributed by atoms with Crippen LogP contribution in [0.1, 0.15) is 35.6 Å². The van der Waals surface area contributed by atoms with Gasteiger partial charge in [0, 0.05) is 22.3 Å². The Labute approximate surface area is 133 Å². The van der Waals surface area contributed by atoms with Gasteiger partial charge < -0.3 is 5.32 Å². The number of hydrogen-bond donors (Lipinski definition) is 2. The van der Waals surface area contributed by atoms with Crippen molar-refractivity contribution in [2.45, 2.75) is 42.6 Å². The average molecular weight is 343 g/mol. The van der Waals surface area contributed by atoms with Gasteiger partial charge in [0.25, 0.3) is 10.0 Å². The minimum absolute atomic E-state index is 0.204. The largest absolute Gasteiger partial charge is 0.309 e. The highest BCUT2D eigenvalue weighted by molar-refractivity contribution is 7.91. The van der Waals surface area contributed by atoms with E-state index < -0.39 is 10.0 Å². The molecule has 1 fully saturated rings. The van der Waals surface area contributed by atoms with Gasteiger partial charge in [0.05, 0.1) is 6.04 Å². The summed E-state index contributed by atoms with van der Waals surface area (Å²) in [6.07, 6.45) is 2.47. The second kappa shape index (κ2) is 6.18. The third-order valence-electron chi connectivity index (χ3n) is 3.35. The summed E-state index contributed by atoms with van der Waals surface area (Å²) < 4.78 is 27.9. The molecule has 4 nitrogen and oxygen atoms in total. The van der Waals surface area contributed by atoms with E-state index in [4.69, 9.17) is 0 Å². The number of hydrogen-bond acceptors (Lipinski definition) is 5. The van der Waals surface area contributed by atoms with Crippen molar-refractivity contribution < 1.29 is 8.42 Å². The Morgan fingerprint density at radius 2 is 2.14 bits per heavy atom. The molecule has 21 heavy (non-hydrogen) atoms. The first-order valence-corrected chi connectivity index (χ1v) is 10.1. The van der Waals surface area contributed by atoms with Gasteiger partial charge in [0.2, 0.25) is 0 Å². The maximum atomic E-state index is 12.4. The molecular weight excluding hydrogens is 324 g/mol. The van der Waals surface area contributed by atoms with Crippen molar-refractivity contribution in [3.8, 4) is 0 Å². The summed E-state index contributed by atoms with van der Waals surface area (Å²) in [5.74, 6) is 0. The lowest BCUT2D eigenvalue weighted by Crippen LogP contribution is -2.25. The number of sulfonamides is 1. The van der Waals surface area contributed by atoms with Crippen LogP contribution in [0.4, 0.5) is 0 Å². The average Bonchev–Trinajstić information content (AvgIpc) is 2.96. The molecule has 2 N–H and O–H groups in total. The first-order chi connectivity index (χ1) is 10.0. The summed E-state index contributed by atoms with van der Waals surface area (Å²) in [5.41, 5.74) is 0. The van der Waals surface area contributed by atoms with Crippen LogP contribution in [0.15, 0.2) is 33.9 Å². The quantitative estimate of drug-likeness (QED) is 0.813. The maximum absolute atomic E-state index is 12.4. The molecule has 1 unspecified atom stereocenters. The van der Waals surface area contributed by atoms with E-state index in [2.05, 4.69) is 10.0 Å². The second-order valence-electron chi connectivity index (χ2n) is 5.23. The SMILES string of the molecule is CC(NS(=O)(=O)c1ccc(CNC2CC2)s1)c1cccs1. The molecular formula is C14H18N2O2S3. The van der Waals surface area contributed by atoms with Crippen LogP contribution < -0.4 is 10.0 Å². The van der Waals surface area contributed by atoms with E-state index in [1.807, 2.05) is 30.5 Å². The van der Waals surface area contributed by atoms with Crippen LogP contribution in [0.2, 0.25) is 0 Å².